The number of aromatic nitrogens is 6. The summed E-state index contributed by atoms with van der Waals surface area (Å²) in [6, 6.07) is 15.4. The first-order chi connectivity index (χ1) is 12.8. The maximum Gasteiger partial charge on any atom is 0.261 e. The Kier molecular flexibility index (Phi) is 4.21. The maximum atomic E-state index is 12.4. The van der Waals surface area contributed by atoms with Crippen molar-refractivity contribution in [3.05, 3.63) is 78.2 Å². The molecule has 4 aromatic rings. The van der Waals surface area contributed by atoms with E-state index in [4.69, 9.17) is 0 Å². The van der Waals surface area contributed by atoms with Gasteiger partial charge in [0.25, 0.3) is 5.91 Å². The minimum Gasteiger partial charge on any atom is -0.289 e. The highest BCUT2D eigenvalue weighted by molar-refractivity contribution is 6.03. The third-order valence-corrected chi connectivity index (χ3v) is 3.70. The molecule has 4 rings (SSSR count). The van der Waals surface area contributed by atoms with Gasteiger partial charge in [-0.15, -0.1) is 5.10 Å². The van der Waals surface area contributed by atoms with Gasteiger partial charge in [0.05, 0.1) is 18.3 Å². The highest BCUT2D eigenvalue weighted by atomic mass is 16.1. The van der Waals surface area contributed by atoms with Gasteiger partial charge in [0.1, 0.15) is 5.69 Å². The predicted octanol–water partition coefficient (Wildman–Crippen LogP) is 2.36. The Morgan fingerprint density at radius 2 is 1.96 bits per heavy atom. The van der Waals surface area contributed by atoms with Crippen molar-refractivity contribution in [2.45, 2.75) is 6.54 Å². The average molecular weight is 345 g/mol. The van der Waals surface area contributed by atoms with Gasteiger partial charge in [-0.05, 0) is 17.7 Å². The molecule has 0 aliphatic rings. The molecule has 3 heterocycles. The standard InChI is InChI=1S/C18H15N7O/c26-17(14-10-20-25(12-14)11-13-6-2-1-3-7-13)22-18-21-16(23-24-18)15-8-4-5-9-19-15/h1-10,12H,11H2,(H2,21,22,23,24,26). The van der Waals surface area contributed by atoms with Gasteiger partial charge in [-0.3, -0.25) is 24.9 Å². The molecule has 0 aliphatic carbocycles. The number of nitrogens with zero attached hydrogens (tertiary/aromatic N) is 5. The van der Waals surface area contributed by atoms with Crippen LogP contribution in [-0.4, -0.2) is 35.9 Å². The van der Waals surface area contributed by atoms with E-state index in [1.165, 1.54) is 6.20 Å². The molecular formula is C18H15N7O. The van der Waals surface area contributed by atoms with Crippen LogP contribution < -0.4 is 5.32 Å². The van der Waals surface area contributed by atoms with Gasteiger partial charge in [-0.1, -0.05) is 36.4 Å². The lowest BCUT2D eigenvalue weighted by atomic mass is 10.2. The Balaban J connectivity index is 1.43. The van der Waals surface area contributed by atoms with Gasteiger partial charge in [-0.25, -0.2) is 0 Å². The molecule has 0 saturated heterocycles. The number of amides is 1. The van der Waals surface area contributed by atoms with Crippen molar-refractivity contribution in [3.8, 4) is 11.5 Å². The highest BCUT2D eigenvalue weighted by Gasteiger charge is 2.13. The van der Waals surface area contributed by atoms with Crippen LogP contribution in [-0.2, 0) is 6.54 Å². The number of H-pyrrole nitrogens is 1. The first kappa shape index (κ1) is 15.7. The van der Waals surface area contributed by atoms with Gasteiger partial charge >= 0.3 is 0 Å². The van der Waals surface area contributed by atoms with E-state index in [-0.39, 0.29) is 11.9 Å². The fraction of sp³-hybridized carbons (Fsp3) is 0.0556. The molecule has 26 heavy (non-hydrogen) atoms. The van der Waals surface area contributed by atoms with Crippen molar-refractivity contribution in [1.29, 1.82) is 0 Å². The van der Waals surface area contributed by atoms with E-state index in [0.717, 1.165) is 5.56 Å². The molecule has 8 nitrogen and oxygen atoms in total. The first-order valence-electron chi connectivity index (χ1n) is 7.99. The number of anilines is 1. The summed E-state index contributed by atoms with van der Waals surface area (Å²) >= 11 is 0. The number of carbonyl (C=O) groups is 1. The minimum absolute atomic E-state index is 0.187. The molecule has 1 amide bonds. The number of hydrogen-bond donors (Lipinski definition) is 2. The SMILES string of the molecule is O=C(Nc1n[nH]c(-c2ccccn2)n1)c1cnn(Cc2ccccc2)c1. The summed E-state index contributed by atoms with van der Waals surface area (Å²) in [5.41, 5.74) is 2.19. The van der Waals surface area contributed by atoms with E-state index in [1.807, 2.05) is 42.5 Å². The molecule has 0 fully saturated rings. The largest absolute Gasteiger partial charge is 0.289 e. The zero-order valence-electron chi connectivity index (χ0n) is 13.7. The molecule has 0 unspecified atom stereocenters. The molecular weight excluding hydrogens is 330 g/mol. The van der Waals surface area contributed by atoms with E-state index in [9.17, 15) is 4.79 Å². The fourth-order valence-corrected chi connectivity index (χ4v) is 2.45. The molecule has 8 heteroatoms. The van der Waals surface area contributed by atoms with Crippen molar-refractivity contribution in [3.63, 3.8) is 0 Å². The molecule has 0 bridgehead atoms. The first-order valence-corrected chi connectivity index (χ1v) is 7.99. The second kappa shape index (κ2) is 6.98. The number of rotatable bonds is 5. The monoisotopic (exact) mass is 345 g/mol. The quantitative estimate of drug-likeness (QED) is 0.578. The van der Waals surface area contributed by atoms with Gasteiger partial charge in [0, 0.05) is 12.4 Å². The average Bonchev–Trinajstić information content (AvgIpc) is 3.33. The van der Waals surface area contributed by atoms with Crippen LogP contribution in [0, 0.1) is 0 Å². The summed E-state index contributed by atoms with van der Waals surface area (Å²) in [6.07, 6.45) is 4.87. The van der Waals surface area contributed by atoms with E-state index in [1.54, 1.807) is 23.1 Å². The molecule has 2 N–H and O–H groups in total. The fourth-order valence-electron chi connectivity index (χ4n) is 2.45. The summed E-state index contributed by atoms with van der Waals surface area (Å²) in [7, 11) is 0. The van der Waals surface area contributed by atoms with E-state index in [2.05, 4.69) is 30.6 Å². The Morgan fingerprint density at radius 1 is 1.12 bits per heavy atom. The maximum absolute atomic E-state index is 12.4. The topological polar surface area (TPSA) is 101 Å². The summed E-state index contributed by atoms with van der Waals surface area (Å²) in [5.74, 6) is 0.350. The number of pyridine rings is 1. The molecule has 0 spiro atoms. The van der Waals surface area contributed by atoms with Crippen LogP contribution >= 0.6 is 0 Å². The minimum atomic E-state index is -0.323. The third-order valence-electron chi connectivity index (χ3n) is 3.70. The van der Waals surface area contributed by atoms with Crippen molar-refractivity contribution >= 4 is 11.9 Å². The molecule has 1 aromatic carbocycles. The zero-order valence-corrected chi connectivity index (χ0v) is 13.7. The van der Waals surface area contributed by atoms with Crippen molar-refractivity contribution in [2.75, 3.05) is 5.32 Å². The third kappa shape index (κ3) is 3.48. The van der Waals surface area contributed by atoms with Crippen LogP contribution in [0.3, 0.4) is 0 Å². The number of benzene rings is 1. The molecule has 0 saturated carbocycles. The Labute approximate surface area is 148 Å². The molecule has 0 radical (unpaired) electrons. The van der Waals surface area contributed by atoms with Crippen LogP contribution in [0.25, 0.3) is 11.5 Å². The molecule has 0 aliphatic heterocycles. The second-order valence-corrected chi connectivity index (χ2v) is 5.59. The molecule has 3 aromatic heterocycles. The normalized spacial score (nSPS) is 10.6. The van der Waals surface area contributed by atoms with Gasteiger partial charge in [-0.2, -0.15) is 10.1 Å². The smallest absolute Gasteiger partial charge is 0.261 e. The van der Waals surface area contributed by atoms with E-state index >= 15 is 0 Å². The van der Waals surface area contributed by atoms with Gasteiger partial charge in [0.15, 0.2) is 5.82 Å². The van der Waals surface area contributed by atoms with E-state index in [0.29, 0.717) is 23.6 Å². The van der Waals surface area contributed by atoms with Gasteiger partial charge in [0.2, 0.25) is 5.95 Å². The number of carbonyl (C=O) groups excluding carboxylic acids is 1. The number of hydrogen-bond acceptors (Lipinski definition) is 5. The van der Waals surface area contributed by atoms with E-state index < -0.39 is 0 Å². The predicted molar refractivity (Wildman–Crippen MR) is 95.3 cm³/mol. The Hall–Kier alpha value is -3.81. The van der Waals surface area contributed by atoms with Gasteiger partial charge < -0.3 is 0 Å². The zero-order chi connectivity index (χ0) is 17.8. The van der Waals surface area contributed by atoms with Crippen molar-refractivity contribution < 1.29 is 4.79 Å². The lowest BCUT2D eigenvalue weighted by Crippen LogP contribution is -2.12. The van der Waals surface area contributed by atoms with Crippen LogP contribution in [0.4, 0.5) is 5.95 Å². The highest BCUT2D eigenvalue weighted by Crippen LogP contribution is 2.13. The number of aromatic amines is 1. The lowest BCUT2D eigenvalue weighted by Gasteiger charge is -2.00. The van der Waals surface area contributed by atoms with Crippen molar-refractivity contribution in [1.82, 2.24) is 29.9 Å². The van der Waals surface area contributed by atoms with Crippen molar-refractivity contribution in [2.24, 2.45) is 0 Å². The Morgan fingerprint density at radius 3 is 2.77 bits per heavy atom. The molecule has 128 valence electrons. The van der Waals surface area contributed by atoms with Crippen LogP contribution in [0.2, 0.25) is 0 Å². The summed E-state index contributed by atoms with van der Waals surface area (Å²) in [4.78, 5) is 20.8. The summed E-state index contributed by atoms with van der Waals surface area (Å²) in [5, 5.41) is 13.6. The van der Waals surface area contributed by atoms with Crippen LogP contribution in [0.1, 0.15) is 15.9 Å². The lowest BCUT2D eigenvalue weighted by molar-refractivity contribution is 0.102. The summed E-state index contributed by atoms with van der Waals surface area (Å²) < 4.78 is 1.71. The van der Waals surface area contributed by atoms with Crippen LogP contribution in [0.15, 0.2) is 67.1 Å². The second-order valence-electron chi connectivity index (χ2n) is 5.59. The Bertz CT molecular complexity index is 1010. The molecule has 0 atom stereocenters. The number of nitrogens with one attached hydrogen (secondary N) is 2. The summed E-state index contributed by atoms with van der Waals surface area (Å²) in [6.45, 7) is 0.596. The van der Waals surface area contributed by atoms with Crippen LogP contribution in [0.5, 0.6) is 0 Å².